The number of carbonyl (C=O) groups is 1. The van der Waals surface area contributed by atoms with Gasteiger partial charge in [-0.3, -0.25) is 4.72 Å². The molecule has 0 amide bonds. The van der Waals surface area contributed by atoms with E-state index < -0.39 is 27.5 Å². The monoisotopic (exact) mass is 321 g/mol. The van der Waals surface area contributed by atoms with E-state index in [1.165, 1.54) is 6.08 Å². The van der Waals surface area contributed by atoms with Crippen LogP contribution in [0.1, 0.15) is 15.9 Å². The van der Waals surface area contributed by atoms with Gasteiger partial charge in [0.2, 0.25) is 0 Å². The van der Waals surface area contributed by atoms with Gasteiger partial charge < -0.3 is 5.11 Å². The molecule has 0 saturated heterocycles. The molecular formula is C15H12FNO4S. The summed E-state index contributed by atoms with van der Waals surface area (Å²) in [5, 5.41) is 9.72. The van der Waals surface area contributed by atoms with Gasteiger partial charge in [-0.1, -0.05) is 30.3 Å². The molecule has 0 fully saturated rings. The Morgan fingerprint density at radius 2 is 1.82 bits per heavy atom. The first kappa shape index (κ1) is 15.7. The summed E-state index contributed by atoms with van der Waals surface area (Å²) in [7, 11) is -3.96. The van der Waals surface area contributed by atoms with Gasteiger partial charge in [-0.05, 0) is 29.8 Å². The second-order valence-electron chi connectivity index (χ2n) is 4.36. The first-order valence-corrected chi connectivity index (χ1v) is 7.71. The second kappa shape index (κ2) is 6.40. The van der Waals surface area contributed by atoms with Crippen LogP contribution < -0.4 is 4.72 Å². The minimum absolute atomic E-state index is 0.217. The summed E-state index contributed by atoms with van der Waals surface area (Å²) in [6.07, 6.45) is 1.35. The lowest BCUT2D eigenvalue weighted by Gasteiger charge is -2.06. The number of nitrogens with one attached hydrogen (secondary N) is 1. The van der Waals surface area contributed by atoms with Gasteiger partial charge in [0.1, 0.15) is 5.82 Å². The minimum Gasteiger partial charge on any atom is -0.478 e. The molecule has 2 aromatic rings. The summed E-state index contributed by atoms with van der Waals surface area (Å²) in [5.41, 5.74) is 0.0244. The number of carboxylic acids is 1. The summed E-state index contributed by atoms with van der Waals surface area (Å²) in [6, 6.07) is 11.6. The topological polar surface area (TPSA) is 83.5 Å². The SMILES string of the molecule is O=C(O)c1ccc(F)c(NS(=O)(=O)/C=C/c2ccccc2)c1. The highest BCUT2D eigenvalue weighted by Gasteiger charge is 2.13. The summed E-state index contributed by atoms with van der Waals surface area (Å²) >= 11 is 0. The van der Waals surface area contributed by atoms with Crippen molar-refractivity contribution in [3.05, 3.63) is 70.9 Å². The van der Waals surface area contributed by atoms with Crippen LogP contribution in [0.25, 0.3) is 6.08 Å². The van der Waals surface area contributed by atoms with Gasteiger partial charge >= 0.3 is 5.97 Å². The molecule has 0 atom stereocenters. The van der Waals surface area contributed by atoms with Crippen molar-refractivity contribution < 1.29 is 22.7 Å². The molecule has 2 aromatic carbocycles. The molecule has 7 heteroatoms. The third kappa shape index (κ3) is 4.16. The highest BCUT2D eigenvalue weighted by atomic mass is 32.2. The van der Waals surface area contributed by atoms with E-state index in [1.54, 1.807) is 30.3 Å². The smallest absolute Gasteiger partial charge is 0.335 e. The molecule has 0 radical (unpaired) electrons. The number of hydrogen-bond donors (Lipinski definition) is 2. The van der Waals surface area contributed by atoms with E-state index in [0.29, 0.717) is 5.56 Å². The molecule has 0 aliphatic heterocycles. The van der Waals surface area contributed by atoms with Crippen LogP contribution in [0.4, 0.5) is 10.1 Å². The van der Waals surface area contributed by atoms with Crippen LogP contribution in [0.15, 0.2) is 53.9 Å². The number of carboxylic acid groups (broad SMARTS) is 1. The fraction of sp³-hybridized carbons (Fsp3) is 0. The number of halogens is 1. The number of benzene rings is 2. The third-order valence-electron chi connectivity index (χ3n) is 2.70. The zero-order valence-corrected chi connectivity index (χ0v) is 12.0. The summed E-state index contributed by atoms with van der Waals surface area (Å²) in [6.45, 7) is 0. The third-order valence-corrected chi connectivity index (χ3v) is 3.70. The van der Waals surface area contributed by atoms with Gasteiger partial charge in [-0.15, -0.1) is 0 Å². The van der Waals surface area contributed by atoms with Crippen molar-refractivity contribution in [2.24, 2.45) is 0 Å². The number of aromatic carboxylic acids is 1. The maximum Gasteiger partial charge on any atom is 0.335 e. The van der Waals surface area contributed by atoms with E-state index in [1.807, 2.05) is 4.72 Å². The van der Waals surface area contributed by atoms with Crippen LogP contribution >= 0.6 is 0 Å². The Hall–Kier alpha value is -2.67. The second-order valence-corrected chi connectivity index (χ2v) is 5.93. The Morgan fingerprint density at radius 3 is 2.45 bits per heavy atom. The highest BCUT2D eigenvalue weighted by Crippen LogP contribution is 2.18. The normalized spacial score (nSPS) is 11.5. The molecule has 0 saturated carbocycles. The van der Waals surface area contributed by atoms with E-state index in [2.05, 4.69) is 0 Å². The maximum absolute atomic E-state index is 13.6. The Bertz CT molecular complexity index is 817. The summed E-state index contributed by atoms with van der Waals surface area (Å²) < 4.78 is 39.4. The number of rotatable bonds is 5. The van der Waals surface area contributed by atoms with Crippen LogP contribution in [0.2, 0.25) is 0 Å². The van der Waals surface area contributed by atoms with Crippen LogP contribution in [0.3, 0.4) is 0 Å². The Morgan fingerprint density at radius 1 is 1.14 bits per heavy atom. The van der Waals surface area contributed by atoms with Crippen molar-refractivity contribution in [2.45, 2.75) is 0 Å². The molecular weight excluding hydrogens is 309 g/mol. The minimum atomic E-state index is -3.96. The molecule has 0 bridgehead atoms. The van der Waals surface area contributed by atoms with E-state index in [4.69, 9.17) is 5.11 Å². The molecule has 0 spiro atoms. The fourth-order valence-corrected chi connectivity index (χ4v) is 2.52. The first-order valence-electron chi connectivity index (χ1n) is 6.16. The molecule has 0 heterocycles. The van der Waals surface area contributed by atoms with Crippen LogP contribution in [-0.4, -0.2) is 19.5 Å². The maximum atomic E-state index is 13.6. The van der Waals surface area contributed by atoms with Crippen molar-refractivity contribution in [3.8, 4) is 0 Å². The number of anilines is 1. The predicted molar refractivity (Wildman–Crippen MR) is 81.4 cm³/mol. The Kier molecular flexibility index (Phi) is 4.57. The molecule has 0 aliphatic carbocycles. The average molecular weight is 321 g/mol. The van der Waals surface area contributed by atoms with Crippen LogP contribution in [0, 0.1) is 5.82 Å². The van der Waals surface area contributed by atoms with Crippen molar-refractivity contribution in [1.82, 2.24) is 0 Å². The molecule has 0 unspecified atom stereocenters. The number of sulfonamides is 1. The molecule has 5 nitrogen and oxygen atoms in total. The largest absolute Gasteiger partial charge is 0.478 e. The van der Waals surface area contributed by atoms with Crippen molar-refractivity contribution in [2.75, 3.05) is 4.72 Å². The van der Waals surface area contributed by atoms with Crippen LogP contribution in [0.5, 0.6) is 0 Å². The zero-order chi connectivity index (χ0) is 16.2. The van der Waals surface area contributed by atoms with E-state index in [0.717, 1.165) is 23.6 Å². The van der Waals surface area contributed by atoms with Gasteiger partial charge in [0.25, 0.3) is 10.0 Å². The van der Waals surface area contributed by atoms with Gasteiger partial charge in [0.15, 0.2) is 0 Å². The lowest BCUT2D eigenvalue weighted by molar-refractivity contribution is 0.0697. The van der Waals surface area contributed by atoms with Crippen LogP contribution in [-0.2, 0) is 10.0 Å². The van der Waals surface area contributed by atoms with Crippen molar-refractivity contribution in [3.63, 3.8) is 0 Å². The molecule has 2 N–H and O–H groups in total. The average Bonchev–Trinajstić information content (AvgIpc) is 2.48. The molecule has 2 rings (SSSR count). The zero-order valence-electron chi connectivity index (χ0n) is 11.2. The first-order chi connectivity index (χ1) is 10.4. The van der Waals surface area contributed by atoms with Crippen molar-refractivity contribution >= 4 is 27.8 Å². The lowest BCUT2D eigenvalue weighted by Crippen LogP contribution is -2.11. The van der Waals surface area contributed by atoms with Crippen molar-refractivity contribution in [1.29, 1.82) is 0 Å². The van der Waals surface area contributed by atoms with Gasteiger partial charge in [0.05, 0.1) is 16.7 Å². The highest BCUT2D eigenvalue weighted by molar-refractivity contribution is 7.95. The van der Waals surface area contributed by atoms with E-state index in [-0.39, 0.29) is 5.56 Å². The van der Waals surface area contributed by atoms with Gasteiger partial charge in [-0.25, -0.2) is 17.6 Å². The van der Waals surface area contributed by atoms with Gasteiger partial charge in [0, 0.05) is 0 Å². The van der Waals surface area contributed by atoms with E-state index >= 15 is 0 Å². The lowest BCUT2D eigenvalue weighted by atomic mass is 10.2. The standard InChI is InChI=1S/C15H12FNO4S/c16-13-7-6-12(15(18)19)10-14(13)17-22(20,21)9-8-11-4-2-1-3-5-11/h1-10,17H,(H,18,19)/b9-8+. The summed E-state index contributed by atoms with van der Waals surface area (Å²) in [4.78, 5) is 10.8. The number of hydrogen-bond acceptors (Lipinski definition) is 3. The Labute approximate surface area is 126 Å². The Balaban J connectivity index is 2.24. The van der Waals surface area contributed by atoms with E-state index in [9.17, 15) is 17.6 Å². The molecule has 114 valence electrons. The molecule has 0 aromatic heterocycles. The molecule has 0 aliphatic rings. The summed E-state index contributed by atoms with van der Waals surface area (Å²) in [5.74, 6) is -2.14. The quantitative estimate of drug-likeness (QED) is 0.887. The molecule has 22 heavy (non-hydrogen) atoms. The fourth-order valence-electron chi connectivity index (χ4n) is 1.66. The predicted octanol–water partition coefficient (Wildman–Crippen LogP) is 2.94. The van der Waals surface area contributed by atoms with Gasteiger partial charge in [-0.2, -0.15) is 0 Å².